The van der Waals surface area contributed by atoms with Crippen LogP contribution in [0.3, 0.4) is 0 Å². The summed E-state index contributed by atoms with van der Waals surface area (Å²) in [5, 5.41) is 6.52. The average Bonchev–Trinajstić information content (AvgIpc) is 3.27. The summed E-state index contributed by atoms with van der Waals surface area (Å²) in [5.41, 5.74) is 1.06. The number of ether oxygens (including phenoxy) is 1. The molecule has 24 heavy (non-hydrogen) atoms. The van der Waals surface area contributed by atoms with Crippen molar-refractivity contribution < 1.29 is 9.53 Å². The van der Waals surface area contributed by atoms with Crippen LogP contribution in [0.25, 0.3) is 0 Å². The summed E-state index contributed by atoms with van der Waals surface area (Å²) in [6, 6.07) is 8.24. The maximum atomic E-state index is 12.3. The second-order valence-corrected chi connectivity index (χ2v) is 7.43. The second-order valence-electron chi connectivity index (χ2n) is 7.43. The quantitative estimate of drug-likeness (QED) is 0.856. The first-order chi connectivity index (χ1) is 11.2. The van der Waals surface area contributed by atoms with Gasteiger partial charge in [-0.05, 0) is 57.1 Å². The van der Waals surface area contributed by atoms with E-state index >= 15 is 0 Å². The summed E-state index contributed by atoms with van der Waals surface area (Å²) in [7, 11) is 0. The normalized spacial score (nSPS) is 23.9. The van der Waals surface area contributed by atoms with E-state index in [9.17, 15) is 4.79 Å². The maximum Gasteiger partial charge on any atom is 0.234 e. The summed E-state index contributed by atoms with van der Waals surface area (Å²) >= 11 is 0. The van der Waals surface area contributed by atoms with E-state index in [0.29, 0.717) is 6.54 Å². The molecule has 2 fully saturated rings. The van der Waals surface area contributed by atoms with Gasteiger partial charge in [0.15, 0.2) is 0 Å². The van der Waals surface area contributed by atoms with Crippen LogP contribution >= 0.6 is 12.4 Å². The lowest BCUT2D eigenvalue weighted by atomic mass is 9.86. The van der Waals surface area contributed by atoms with Gasteiger partial charge in [-0.2, -0.15) is 0 Å². The molecule has 1 spiro atoms. The predicted octanol–water partition coefficient (Wildman–Crippen LogP) is 3.36. The third-order valence-corrected chi connectivity index (χ3v) is 5.46. The molecule has 0 saturated heterocycles. The minimum Gasteiger partial charge on any atom is -0.487 e. The molecule has 1 aliphatic heterocycles. The van der Waals surface area contributed by atoms with Gasteiger partial charge in [-0.15, -0.1) is 12.4 Å². The molecule has 1 heterocycles. The lowest BCUT2D eigenvalue weighted by molar-refractivity contribution is -0.121. The molecular formula is C19H27ClN2O2. The van der Waals surface area contributed by atoms with E-state index in [0.717, 1.165) is 43.0 Å². The molecule has 2 N–H and O–H groups in total. The zero-order chi connectivity index (χ0) is 15.7. The molecule has 4 nitrogen and oxygen atoms in total. The first-order valence-corrected chi connectivity index (χ1v) is 9.02. The lowest BCUT2D eigenvalue weighted by Gasteiger charge is -2.40. The van der Waals surface area contributed by atoms with Crippen molar-refractivity contribution in [3.63, 3.8) is 0 Å². The topological polar surface area (TPSA) is 50.4 Å². The molecule has 1 aromatic carbocycles. The van der Waals surface area contributed by atoms with Gasteiger partial charge < -0.3 is 15.4 Å². The third kappa shape index (κ3) is 3.86. The molecule has 1 amide bonds. The Bertz CT molecular complexity index is 582. The smallest absolute Gasteiger partial charge is 0.234 e. The molecule has 132 valence electrons. The van der Waals surface area contributed by atoms with Gasteiger partial charge in [-0.3, -0.25) is 4.79 Å². The number of rotatable bonds is 5. The number of hydrogen-bond acceptors (Lipinski definition) is 3. The zero-order valence-electron chi connectivity index (χ0n) is 14.1. The van der Waals surface area contributed by atoms with Crippen LogP contribution in [-0.4, -0.2) is 24.6 Å². The third-order valence-electron chi connectivity index (χ3n) is 5.46. The summed E-state index contributed by atoms with van der Waals surface area (Å²) in [6.07, 6.45) is 8.19. The van der Waals surface area contributed by atoms with Gasteiger partial charge in [0, 0.05) is 12.0 Å². The highest BCUT2D eigenvalue weighted by Gasteiger charge is 2.43. The predicted molar refractivity (Wildman–Crippen MR) is 96.6 cm³/mol. The van der Waals surface area contributed by atoms with Crippen LogP contribution in [0.4, 0.5) is 0 Å². The molecule has 1 unspecified atom stereocenters. The summed E-state index contributed by atoms with van der Waals surface area (Å²) in [4.78, 5) is 12.3. The molecule has 2 saturated carbocycles. The van der Waals surface area contributed by atoms with Crippen LogP contribution in [-0.2, 0) is 4.79 Å². The van der Waals surface area contributed by atoms with Crippen molar-refractivity contribution in [1.29, 1.82) is 0 Å². The molecule has 0 aromatic heterocycles. The minimum atomic E-state index is -0.0618. The number of amides is 1. The van der Waals surface area contributed by atoms with Crippen molar-refractivity contribution in [2.75, 3.05) is 13.1 Å². The van der Waals surface area contributed by atoms with Crippen LogP contribution < -0.4 is 15.4 Å². The number of carbonyl (C=O) groups is 1. The Morgan fingerprint density at radius 2 is 1.96 bits per heavy atom. The fourth-order valence-corrected chi connectivity index (χ4v) is 4.03. The van der Waals surface area contributed by atoms with E-state index in [4.69, 9.17) is 4.74 Å². The van der Waals surface area contributed by atoms with Gasteiger partial charge in [-0.1, -0.05) is 18.2 Å². The first kappa shape index (κ1) is 17.6. The second kappa shape index (κ2) is 7.32. The van der Waals surface area contributed by atoms with E-state index in [-0.39, 0.29) is 30.0 Å². The highest BCUT2D eigenvalue weighted by atomic mass is 35.5. The SMILES string of the molecule is Cl.O=C(CNCC1CC1)NC1CC2(CCCC2)Oc2ccccc21. The summed E-state index contributed by atoms with van der Waals surface area (Å²) in [6.45, 7) is 1.39. The monoisotopic (exact) mass is 350 g/mol. The van der Waals surface area contributed by atoms with Crippen LogP contribution in [0.2, 0.25) is 0 Å². The number of hydrogen-bond donors (Lipinski definition) is 2. The largest absolute Gasteiger partial charge is 0.487 e. The van der Waals surface area contributed by atoms with Gasteiger partial charge in [0.25, 0.3) is 0 Å². The minimum absolute atomic E-state index is 0. The Hall–Kier alpha value is -1.26. The van der Waals surface area contributed by atoms with E-state index in [1.807, 2.05) is 18.2 Å². The fourth-order valence-electron chi connectivity index (χ4n) is 4.03. The van der Waals surface area contributed by atoms with Crippen molar-refractivity contribution in [3.8, 4) is 5.75 Å². The molecule has 2 aliphatic carbocycles. The summed E-state index contributed by atoms with van der Waals surface area (Å²) < 4.78 is 6.35. The molecule has 3 aliphatic rings. The molecule has 0 bridgehead atoms. The molecule has 0 radical (unpaired) electrons. The Labute approximate surface area is 150 Å². The molecule has 1 atom stereocenters. The highest BCUT2D eigenvalue weighted by molar-refractivity contribution is 5.85. The van der Waals surface area contributed by atoms with Gasteiger partial charge in [0.1, 0.15) is 11.4 Å². The Kier molecular flexibility index (Phi) is 5.36. The lowest BCUT2D eigenvalue weighted by Crippen LogP contribution is -2.45. The first-order valence-electron chi connectivity index (χ1n) is 9.02. The highest BCUT2D eigenvalue weighted by Crippen LogP contribution is 2.46. The number of halogens is 1. The van der Waals surface area contributed by atoms with E-state index < -0.39 is 0 Å². The summed E-state index contributed by atoms with van der Waals surface area (Å²) in [5.74, 6) is 1.85. The Morgan fingerprint density at radius 1 is 1.21 bits per heavy atom. The molecule has 4 rings (SSSR count). The van der Waals surface area contributed by atoms with Crippen LogP contribution in [0.15, 0.2) is 24.3 Å². The molecule has 5 heteroatoms. The number of nitrogens with one attached hydrogen (secondary N) is 2. The Morgan fingerprint density at radius 3 is 2.71 bits per heavy atom. The van der Waals surface area contributed by atoms with Crippen LogP contribution in [0.5, 0.6) is 5.75 Å². The molecule has 1 aromatic rings. The molecular weight excluding hydrogens is 324 g/mol. The van der Waals surface area contributed by atoms with E-state index in [2.05, 4.69) is 16.7 Å². The van der Waals surface area contributed by atoms with Crippen molar-refractivity contribution in [3.05, 3.63) is 29.8 Å². The van der Waals surface area contributed by atoms with Crippen LogP contribution in [0, 0.1) is 5.92 Å². The van der Waals surface area contributed by atoms with Gasteiger partial charge in [0.2, 0.25) is 5.91 Å². The number of fused-ring (bicyclic) bond motifs is 1. The van der Waals surface area contributed by atoms with E-state index in [1.54, 1.807) is 0 Å². The van der Waals surface area contributed by atoms with Gasteiger partial charge >= 0.3 is 0 Å². The van der Waals surface area contributed by atoms with Gasteiger partial charge in [-0.25, -0.2) is 0 Å². The van der Waals surface area contributed by atoms with Gasteiger partial charge in [0.05, 0.1) is 12.6 Å². The van der Waals surface area contributed by atoms with Crippen molar-refractivity contribution in [2.24, 2.45) is 5.92 Å². The number of benzene rings is 1. The van der Waals surface area contributed by atoms with Crippen LogP contribution in [0.1, 0.15) is 56.6 Å². The number of carbonyl (C=O) groups excluding carboxylic acids is 1. The number of para-hydroxylation sites is 1. The Balaban J connectivity index is 0.00000169. The average molecular weight is 351 g/mol. The van der Waals surface area contributed by atoms with Crippen molar-refractivity contribution in [2.45, 2.75) is 56.6 Å². The van der Waals surface area contributed by atoms with E-state index in [1.165, 1.54) is 25.7 Å². The van der Waals surface area contributed by atoms with Crippen molar-refractivity contribution in [1.82, 2.24) is 10.6 Å². The zero-order valence-corrected chi connectivity index (χ0v) is 14.9. The standard InChI is InChI=1S/C19H26N2O2.ClH/c22-18(13-20-12-14-7-8-14)21-16-11-19(9-3-4-10-19)23-17-6-2-1-5-15(16)17;/h1-2,5-6,14,16,20H,3-4,7-13H2,(H,21,22);1H. The van der Waals surface area contributed by atoms with Crippen molar-refractivity contribution >= 4 is 18.3 Å². The maximum absolute atomic E-state index is 12.3. The fraction of sp³-hybridized carbons (Fsp3) is 0.632.